The highest BCUT2D eigenvalue weighted by Crippen LogP contribution is 2.18. The minimum absolute atomic E-state index is 0.0404. The van der Waals surface area contributed by atoms with E-state index in [2.05, 4.69) is 46.7 Å². The minimum Gasteiger partial charge on any atom is -0.387 e. The number of nitrogens with zero attached hydrogens (tertiary/aromatic N) is 2. The smallest absolute Gasteiger partial charge is 0.252 e. The van der Waals surface area contributed by atoms with Gasteiger partial charge in [-0.3, -0.25) is 19.6 Å². The minimum atomic E-state index is -2.08. The highest BCUT2D eigenvalue weighted by molar-refractivity contribution is 5.84. The van der Waals surface area contributed by atoms with Crippen molar-refractivity contribution in [1.82, 2.24) is 16.0 Å². The van der Waals surface area contributed by atoms with Crippen LogP contribution in [-0.2, 0) is 9.59 Å². The first-order valence-electron chi connectivity index (χ1n) is 16.8. The third-order valence-electron chi connectivity index (χ3n) is 8.44. The predicted octanol–water partition coefficient (Wildman–Crippen LogP) is 1.24. The summed E-state index contributed by atoms with van der Waals surface area (Å²) in [5, 5.41) is 49.4. The van der Waals surface area contributed by atoms with Crippen LogP contribution in [0.25, 0.3) is 0 Å². The quantitative estimate of drug-likeness (QED) is 0.0375. The van der Waals surface area contributed by atoms with Gasteiger partial charge in [-0.25, -0.2) is 0 Å². The largest absolute Gasteiger partial charge is 0.387 e. The lowest BCUT2D eigenvalue weighted by Crippen LogP contribution is -2.57. The maximum Gasteiger partial charge on any atom is 0.252 e. The van der Waals surface area contributed by atoms with Crippen LogP contribution in [-0.4, -0.2) is 106 Å². The molecule has 0 saturated carbocycles. The summed E-state index contributed by atoms with van der Waals surface area (Å²) in [5.41, 5.74) is 11.6. The number of nitrogens with one attached hydrogen (secondary N) is 3. The number of hydrogen-bond acceptors (Lipinski definition) is 9. The Morgan fingerprint density at radius 1 is 0.689 bits per heavy atom. The average molecular weight is 644 g/mol. The molecule has 13 nitrogen and oxygen atoms in total. The molecule has 0 radical (unpaired) electrons. The van der Waals surface area contributed by atoms with Crippen molar-refractivity contribution in [2.75, 3.05) is 26.2 Å². The van der Waals surface area contributed by atoms with Crippen molar-refractivity contribution in [2.45, 2.75) is 154 Å². The molecule has 2 amide bonds. The van der Waals surface area contributed by atoms with E-state index in [0.717, 1.165) is 64.3 Å². The molecule has 0 rings (SSSR count). The van der Waals surface area contributed by atoms with E-state index >= 15 is 0 Å². The molecule has 13 heteroatoms. The van der Waals surface area contributed by atoms with Crippen LogP contribution in [0.5, 0.6) is 0 Å². The maximum absolute atomic E-state index is 12.4. The number of carbonyl (C=O) groups is 2. The molecule has 0 saturated heterocycles. The highest BCUT2D eigenvalue weighted by Gasteiger charge is 2.38. The average Bonchev–Trinajstić information content (AvgIpc) is 3.01. The molecule has 11 N–H and O–H groups in total. The van der Waals surface area contributed by atoms with Crippen molar-refractivity contribution in [3.63, 3.8) is 0 Å². The Bertz CT molecular complexity index is 905. The number of amidine groups is 2. The fourth-order valence-electron chi connectivity index (χ4n) is 5.04. The lowest BCUT2D eigenvalue weighted by atomic mass is 9.92. The van der Waals surface area contributed by atoms with E-state index in [0.29, 0.717) is 37.5 Å². The SMILES string of the molecule is CCCC(C)(CC)NCCN=C(N)CCCCCCC(N)=NCCNC(=O)[C@H](O)[C@@H](O)[C@@H](O)[C@H](O)C(=O)NC(C)(CC)CCC. The number of aliphatic imine (C=N–C) groups is 2. The van der Waals surface area contributed by atoms with E-state index in [9.17, 15) is 30.0 Å². The fourth-order valence-corrected chi connectivity index (χ4v) is 5.04. The van der Waals surface area contributed by atoms with Crippen molar-refractivity contribution in [3.05, 3.63) is 0 Å². The van der Waals surface area contributed by atoms with Crippen molar-refractivity contribution in [1.29, 1.82) is 0 Å². The number of aliphatic hydroxyl groups excluding tert-OH is 4. The number of amides is 2. The Balaban J connectivity index is 4.29. The van der Waals surface area contributed by atoms with Gasteiger partial charge in [0.1, 0.15) is 12.2 Å². The first kappa shape index (κ1) is 42.7. The summed E-state index contributed by atoms with van der Waals surface area (Å²) >= 11 is 0. The zero-order valence-corrected chi connectivity index (χ0v) is 28.8. The first-order chi connectivity index (χ1) is 21.2. The summed E-state index contributed by atoms with van der Waals surface area (Å²) in [6.45, 7) is 14.0. The third-order valence-corrected chi connectivity index (χ3v) is 8.44. The van der Waals surface area contributed by atoms with Gasteiger partial charge in [0.2, 0.25) is 0 Å². The van der Waals surface area contributed by atoms with Crippen LogP contribution in [0.4, 0.5) is 0 Å². The molecule has 0 aliphatic rings. The standard InChI is InChI=1S/C32H65N7O6/c1-7-17-31(5,9-3)38-22-21-36-24(34)16-14-12-11-13-15-23(33)35-19-20-37-29(44)27(42)25(40)26(41)28(43)30(45)39-32(6,10-4)18-8-2/h25-28,38,40-43H,7-22H2,1-6H3,(H2,33,35)(H2,34,36)(H,37,44)(H,39,45)/t25-,26+,27+,28-,31?,32?/m0/s1. The predicted molar refractivity (Wildman–Crippen MR) is 181 cm³/mol. The molecule has 0 aliphatic heterocycles. The van der Waals surface area contributed by atoms with Crippen molar-refractivity contribution in [2.24, 2.45) is 21.5 Å². The Labute approximate surface area is 271 Å². The van der Waals surface area contributed by atoms with Crippen LogP contribution in [0.15, 0.2) is 9.98 Å². The normalized spacial score (nSPS) is 17.9. The van der Waals surface area contributed by atoms with E-state index < -0.39 is 41.8 Å². The van der Waals surface area contributed by atoms with E-state index in [4.69, 9.17) is 11.5 Å². The molecule has 0 aliphatic carbocycles. The van der Waals surface area contributed by atoms with E-state index in [1.165, 1.54) is 0 Å². The molecule has 2 unspecified atom stereocenters. The summed E-state index contributed by atoms with van der Waals surface area (Å²) in [5.74, 6) is -0.727. The van der Waals surface area contributed by atoms with Crippen LogP contribution < -0.4 is 27.4 Å². The third kappa shape index (κ3) is 17.8. The van der Waals surface area contributed by atoms with Crippen molar-refractivity contribution >= 4 is 23.5 Å². The number of rotatable bonds is 26. The molecule has 0 bridgehead atoms. The number of aliphatic hydroxyl groups is 4. The zero-order chi connectivity index (χ0) is 34.5. The molecule has 6 atom stereocenters. The summed E-state index contributed by atoms with van der Waals surface area (Å²) in [6, 6.07) is 0. The number of nitrogens with two attached hydrogens (primary N) is 2. The molecule has 0 aromatic heterocycles. The van der Waals surface area contributed by atoms with Gasteiger partial charge >= 0.3 is 0 Å². The van der Waals surface area contributed by atoms with Gasteiger partial charge in [-0.2, -0.15) is 0 Å². The molecular weight excluding hydrogens is 578 g/mol. The van der Waals surface area contributed by atoms with Crippen LogP contribution in [0.1, 0.15) is 119 Å². The van der Waals surface area contributed by atoms with Crippen LogP contribution in [0.2, 0.25) is 0 Å². The van der Waals surface area contributed by atoms with Gasteiger partial charge in [-0.05, 0) is 52.4 Å². The van der Waals surface area contributed by atoms with Gasteiger partial charge in [-0.15, -0.1) is 0 Å². The second-order valence-electron chi connectivity index (χ2n) is 12.6. The van der Waals surface area contributed by atoms with E-state index in [1.54, 1.807) is 0 Å². The lowest BCUT2D eigenvalue weighted by Gasteiger charge is -2.32. The molecule has 0 aromatic carbocycles. The lowest BCUT2D eigenvalue weighted by molar-refractivity contribution is -0.156. The van der Waals surface area contributed by atoms with Gasteiger partial charge in [0.25, 0.3) is 11.8 Å². The van der Waals surface area contributed by atoms with Gasteiger partial charge in [-0.1, -0.05) is 53.4 Å². The highest BCUT2D eigenvalue weighted by atomic mass is 16.4. The first-order valence-corrected chi connectivity index (χ1v) is 16.8. The van der Waals surface area contributed by atoms with Gasteiger partial charge in [0.05, 0.1) is 24.8 Å². The summed E-state index contributed by atoms with van der Waals surface area (Å²) in [7, 11) is 0. The maximum atomic E-state index is 12.4. The van der Waals surface area contributed by atoms with E-state index in [1.807, 2.05) is 20.8 Å². The van der Waals surface area contributed by atoms with Crippen LogP contribution >= 0.6 is 0 Å². The Morgan fingerprint density at radius 2 is 1.13 bits per heavy atom. The number of carbonyl (C=O) groups excluding carboxylic acids is 2. The summed E-state index contributed by atoms with van der Waals surface area (Å²) < 4.78 is 0. The molecular formula is C32H65N7O6. The molecule has 0 fully saturated rings. The fraction of sp³-hybridized carbons (Fsp3) is 0.875. The Morgan fingerprint density at radius 3 is 1.60 bits per heavy atom. The molecule has 0 heterocycles. The van der Waals surface area contributed by atoms with Gasteiger partial charge in [0, 0.05) is 37.0 Å². The molecule has 45 heavy (non-hydrogen) atoms. The van der Waals surface area contributed by atoms with Crippen molar-refractivity contribution in [3.8, 4) is 0 Å². The van der Waals surface area contributed by atoms with E-state index in [-0.39, 0.29) is 18.6 Å². The van der Waals surface area contributed by atoms with Crippen LogP contribution in [0, 0.1) is 0 Å². The van der Waals surface area contributed by atoms with Crippen LogP contribution in [0.3, 0.4) is 0 Å². The number of hydrogen-bond donors (Lipinski definition) is 9. The van der Waals surface area contributed by atoms with Gasteiger partial charge < -0.3 is 47.8 Å². The second kappa shape index (κ2) is 23.1. The Kier molecular flexibility index (Phi) is 21.9. The van der Waals surface area contributed by atoms with Crippen molar-refractivity contribution < 1.29 is 30.0 Å². The summed E-state index contributed by atoms with van der Waals surface area (Å²) in [6.07, 6.45) is 2.36. The Hall–Kier alpha value is -2.32. The summed E-state index contributed by atoms with van der Waals surface area (Å²) in [4.78, 5) is 33.3. The molecule has 264 valence electrons. The number of unbranched alkanes of at least 4 members (excludes halogenated alkanes) is 3. The molecule has 0 aromatic rings. The molecule has 0 spiro atoms. The second-order valence-corrected chi connectivity index (χ2v) is 12.6. The van der Waals surface area contributed by atoms with Gasteiger partial charge in [0.15, 0.2) is 12.2 Å². The topological polar surface area (TPSA) is 228 Å². The zero-order valence-electron chi connectivity index (χ0n) is 28.8. The monoisotopic (exact) mass is 643 g/mol.